The highest BCUT2D eigenvalue weighted by Crippen LogP contribution is 2.45. The minimum atomic E-state index is -0.927. The fraction of sp³-hybridized carbons (Fsp3) is 0.854. The first-order chi connectivity index (χ1) is 44.1. The Labute approximate surface area is 558 Å². The maximum atomic E-state index is 11.2. The Hall–Kier alpha value is -1.88. The van der Waals surface area contributed by atoms with Crippen LogP contribution in [0.5, 0.6) is 0 Å². The lowest BCUT2D eigenvalue weighted by Crippen LogP contribution is -2.43. The number of fused-ring (bicyclic) bond motifs is 2. The third-order valence-electron chi connectivity index (χ3n) is 20.6. The van der Waals surface area contributed by atoms with Gasteiger partial charge in [-0.1, -0.05) is 262 Å². The molecule has 1 aliphatic carbocycles. The third-order valence-corrected chi connectivity index (χ3v) is 20.6. The van der Waals surface area contributed by atoms with Crippen LogP contribution in [0.1, 0.15) is 362 Å². The van der Waals surface area contributed by atoms with E-state index in [1.807, 2.05) is 7.05 Å². The molecule has 4 fully saturated rings. The number of hydrogen-bond acceptors (Lipinski definition) is 8. The standard InChI is InChI=1S/C82H148N2O6/c1-8-12-16-20-24-26-28-29-30-31-32-33-35-41-49-58-66-82(89-78-71-84(7)70-75(85)79(86)80(78)90-82)67-59-51-43-39-47-55-63-73(61-53-45-37-23-19-15-11-4)72(60-52-44-36-22-18-14-10-3)62-54-46-38-42-50-57-65-81(64-56-48-40-34-27-25-21-17-13-9-2)87-76-68-74(83(5)6)69-77(76)88-81/h24,26,29-30,36-37,44-45,60-61,74-80,85-86H,8-23,25,27-28,31-35,38-43,46-59,62-71H2,1-7H3/b26-24-,30-29-,44-36-,45-37-,72-60+,73-61+/t74?,75-,76-,77+,78-,79-,80-,81?,82?/m1/s1. The van der Waals surface area contributed by atoms with Gasteiger partial charge in [0.2, 0.25) is 0 Å². The predicted molar refractivity (Wildman–Crippen MR) is 387 cm³/mol. The highest BCUT2D eigenvalue weighted by atomic mass is 16.8. The van der Waals surface area contributed by atoms with Gasteiger partial charge in [0.15, 0.2) is 11.6 Å². The van der Waals surface area contributed by atoms with E-state index < -0.39 is 24.1 Å². The number of β-amino-alcohol motifs (C(OH)–C–C–N with tert-alkyl or cyclic N) is 1. The molecule has 0 spiro atoms. The molecular formula is C82H148N2O6. The zero-order valence-corrected chi connectivity index (χ0v) is 60.4. The molecule has 0 aromatic rings. The molecule has 9 atom stereocenters. The van der Waals surface area contributed by atoms with Gasteiger partial charge >= 0.3 is 0 Å². The highest BCUT2D eigenvalue weighted by molar-refractivity contribution is 5.32. The van der Waals surface area contributed by atoms with Gasteiger partial charge in [0.05, 0.1) is 18.3 Å². The van der Waals surface area contributed by atoms with Gasteiger partial charge in [-0.2, -0.15) is 0 Å². The molecule has 3 aliphatic heterocycles. The second kappa shape index (κ2) is 52.3. The smallest absolute Gasteiger partial charge is 0.169 e. The molecule has 90 heavy (non-hydrogen) atoms. The van der Waals surface area contributed by atoms with Gasteiger partial charge in [-0.3, -0.25) is 0 Å². The van der Waals surface area contributed by atoms with Crippen LogP contribution in [0.4, 0.5) is 0 Å². The maximum absolute atomic E-state index is 11.2. The van der Waals surface area contributed by atoms with Crippen LogP contribution < -0.4 is 0 Å². The van der Waals surface area contributed by atoms with Crippen molar-refractivity contribution < 1.29 is 29.2 Å². The maximum Gasteiger partial charge on any atom is 0.169 e. The summed E-state index contributed by atoms with van der Waals surface area (Å²) in [5, 5.41) is 22.1. The van der Waals surface area contributed by atoms with Crippen molar-refractivity contribution in [3.63, 3.8) is 0 Å². The summed E-state index contributed by atoms with van der Waals surface area (Å²) in [5.41, 5.74) is 3.22. The van der Waals surface area contributed by atoms with Crippen molar-refractivity contribution in [1.29, 1.82) is 0 Å². The second-order valence-electron chi connectivity index (χ2n) is 29.1. The van der Waals surface area contributed by atoms with Crippen LogP contribution >= 0.6 is 0 Å². The van der Waals surface area contributed by atoms with Crippen LogP contribution in [0.25, 0.3) is 0 Å². The second-order valence-corrected chi connectivity index (χ2v) is 29.1. The minimum absolute atomic E-state index is 0.219. The van der Waals surface area contributed by atoms with Crippen LogP contribution in [0.2, 0.25) is 0 Å². The zero-order chi connectivity index (χ0) is 64.4. The van der Waals surface area contributed by atoms with Gasteiger partial charge in [0, 0.05) is 44.8 Å². The lowest BCUT2D eigenvalue weighted by molar-refractivity contribution is -0.201. The first kappa shape index (κ1) is 80.6. The summed E-state index contributed by atoms with van der Waals surface area (Å²) < 4.78 is 27.7. The molecule has 522 valence electrons. The molecule has 2 N–H and O–H groups in total. The van der Waals surface area contributed by atoms with Gasteiger partial charge in [0.1, 0.15) is 18.3 Å². The summed E-state index contributed by atoms with van der Waals surface area (Å²) in [4.78, 5) is 4.47. The van der Waals surface area contributed by atoms with Crippen LogP contribution in [0, 0.1) is 0 Å². The summed E-state index contributed by atoms with van der Waals surface area (Å²) in [5.74, 6) is -1.03. The van der Waals surface area contributed by atoms with Gasteiger partial charge < -0.3 is 39.0 Å². The monoisotopic (exact) mass is 1260 g/mol. The van der Waals surface area contributed by atoms with E-state index in [9.17, 15) is 10.2 Å². The molecule has 8 heteroatoms. The summed E-state index contributed by atoms with van der Waals surface area (Å²) in [7, 11) is 6.45. The number of ether oxygens (including phenoxy) is 4. The average Bonchev–Trinajstić information content (AvgIpc) is 1.67. The molecule has 0 amide bonds. The van der Waals surface area contributed by atoms with E-state index in [2.05, 4.69) is 112 Å². The lowest BCUT2D eigenvalue weighted by Gasteiger charge is -2.31. The van der Waals surface area contributed by atoms with Crippen LogP contribution in [-0.2, 0) is 18.9 Å². The number of aliphatic hydroxyl groups is 2. The molecule has 3 unspecified atom stereocenters. The minimum Gasteiger partial charge on any atom is -0.389 e. The fourth-order valence-corrected chi connectivity index (χ4v) is 14.8. The summed E-state index contributed by atoms with van der Waals surface area (Å²) in [6, 6.07) is 0.575. The molecule has 0 aromatic carbocycles. The molecule has 8 nitrogen and oxygen atoms in total. The molecule has 3 saturated heterocycles. The number of unbranched alkanes of at least 4 members (excludes halogenated alkanes) is 34. The Morgan fingerprint density at radius 1 is 0.389 bits per heavy atom. The van der Waals surface area contributed by atoms with Crippen molar-refractivity contribution in [1.82, 2.24) is 9.80 Å². The van der Waals surface area contributed by atoms with E-state index in [0.717, 1.165) is 70.6 Å². The Morgan fingerprint density at radius 2 is 0.711 bits per heavy atom. The van der Waals surface area contributed by atoms with Crippen LogP contribution in [0.15, 0.2) is 71.9 Å². The van der Waals surface area contributed by atoms with E-state index >= 15 is 0 Å². The largest absolute Gasteiger partial charge is 0.389 e. The Balaban J connectivity index is 1.26. The Morgan fingerprint density at radius 3 is 1.11 bits per heavy atom. The van der Waals surface area contributed by atoms with E-state index in [1.165, 1.54) is 263 Å². The van der Waals surface area contributed by atoms with Crippen molar-refractivity contribution in [3.8, 4) is 0 Å². The van der Waals surface area contributed by atoms with Crippen molar-refractivity contribution in [3.05, 3.63) is 71.9 Å². The number of hydrogen-bond donors (Lipinski definition) is 2. The van der Waals surface area contributed by atoms with E-state index in [-0.39, 0.29) is 24.1 Å². The molecule has 3 heterocycles. The number of likely N-dealkylation sites (tertiary alicyclic amines) is 1. The van der Waals surface area contributed by atoms with Gasteiger partial charge in [-0.15, -0.1) is 0 Å². The molecule has 0 radical (unpaired) electrons. The van der Waals surface area contributed by atoms with E-state index in [0.29, 0.717) is 19.1 Å². The zero-order valence-electron chi connectivity index (χ0n) is 60.4. The van der Waals surface area contributed by atoms with Crippen molar-refractivity contribution in [2.75, 3.05) is 34.2 Å². The van der Waals surface area contributed by atoms with E-state index in [1.54, 1.807) is 11.1 Å². The van der Waals surface area contributed by atoms with Crippen LogP contribution in [-0.4, -0.2) is 108 Å². The van der Waals surface area contributed by atoms with Gasteiger partial charge in [-0.05, 0) is 167 Å². The predicted octanol–water partition coefficient (Wildman–Crippen LogP) is 23.0. The normalized spacial score (nSPS) is 25.2. The quantitative estimate of drug-likeness (QED) is 0.0354. The molecule has 4 rings (SSSR count). The van der Waals surface area contributed by atoms with E-state index in [4.69, 9.17) is 18.9 Å². The molecule has 1 saturated carbocycles. The molecule has 0 aromatic heterocycles. The number of rotatable bonds is 58. The van der Waals surface area contributed by atoms with Gasteiger partial charge in [-0.25, -0.2) is 0 Å². The fourth-order valence-electron chi connectivity index (χ4n) is 14.8. The molecule has 0 bridgehead atoms. The summed E-state index contributed by atoms with van der Waals surface area (Å²) in [6.07, 6.45) is 86.3. The topological polar surface area (TPSA) is 83.9 Å². The summed E-state index contributed by atoms with van der Waals surface area (Å²) >= 11 is 0. The van der Waals surface area contributed by atoms with Crippen molar-refractivity contribution in [2.45, 2.75) is 416 Å². The first-order valence-electron chi connectivity index (χ1n) is 39.5. The Bertz CT molecular complexity index is 1880. The Kier molecular flexibility index (Phi) is 46.8. The number of aliphatic hydroxyl groups excluding tert-OH is 2. The number of nitrogens with zero attached hydrogens (tertiary/aromatic N) is 2. The lowest BCUT2D eigenvalue weighted by atomic mass is 9.92. The first-order valence-corrected chi connectivity index (χ1v) is 39.5. The SMILES string of the molecule is CCCCC/C=C\C/C=C\CCCCCCCCC1(CCCCCCCCC(=C\C/C=C\CCCCC)/C(=C/C/C=C\CCCCC)CCCCCCCCC2(CCCCCCCCCCCC)O[C@H]3CC(N(C)C)C[C@H]3O2)O[C@H]2[C@H](O)[C@H](O)CN(C)C[C@H]2O1. The van der Waals surface area contributed by atoms with Gasteiger partial charge in [0.25, 0.3) is 0 Å². The highest BCUT2D eigenvalue weighted by Gasteiger charge is 2.53. The third kappa shape index (κ3) is 35.7. The number of allylic oxidation sites excluding steroid dienone is 12. The average molecular weight is 1260 g/mol. The molecule has 4 aliphatic rings. The molecular weight excluding hydrogens is 1110 g/mol. The number of likely N-dealkylation sites (N-methyl/N-ethyl adjacent to an activating group) is 1. The van der Waals surface area contributed by atoms with Crippen molar-refractivity contribution >= 4 is 0 Å². The van der Waals surface area contributed by atoms with Crippen LogP contribution in [0.3, 0.4) is 0 Å². The van der Waals surface area contributed by atoms with Crippen molar-refractivity contribution in [2.24, 2.45) is 0 Å². The summed E-state index contributed by atoms with van der Waals surface area (Å²) in [6.45, 7) is 10.3.